The fourth-order valence-corrected chi connectivity index (χ4v) is 2.22. The zero-order chi connectivity index (χ0) is 9.97. The van der Waals surface area contributed by atoms with Gasteiger partial charge in [0.05, 0.1) is 6.04 Å². The van der Waals surface area contributed by atoms with E-state index in [1.165, 1.54) is 17.5 Å². The summed E-state index contributed by atoms with van der Waals surface area (Å²) >= 11 is 0. The second kappa shape index (κ2) is 3.82. The van der Waals surface area contributed by atoms with Crippen molar-refractivity contribution in [3.8, 4) is 0 Å². The lowest BCUT2D eigenvalue weighted by atomic mass is 9.87. The Morgan fingerprint density at radius 3 is 3.00 bits per heavy atom. The molecule has 1 unspecified atom stereocenters. The number of rotatable bonds is 2. The molecule has 2 heteroatoms. The summed E-state index contributed by atoms with van der Waals surface area (Å²) in [5.41, 5.74) is 2.73. The maximum atomic E-state index is 10.7. The number of benzene rings is 1. The first-order valence-electron chi connectivity index (χ1n) is 5.08. The van der Waals surface area contributed by atoms with Gasteiger partial charge in [-0.2, -0.15) is 0 Å². The van der Waals surface area contributed by atoms with Crippen LogP contribution in [-0.4, -0.2) is 18.4 Å². The Morgan fingerprint density at radius 1 is 1.43 bits per heavy atom. The summed E-state index contributed by atoms with van der Waals surface area (Å²) in [5.74, 6) is 0. The lowest BCUT2D eigenvalue weighted by Crippen LogP contribution is -2.26. The molecule has 0 radical (unpaired) electrons. The Morgan fingerprint density at radius 2 is 2.21 bits per heavy atom. The molecule has 0 spiro atoms. The fourth-order valence-electron chi connectivity index (χ4n) is 2.22. The third-order valence-corrected chi connectivity index (χ3v) is 3.00. The molecule has 1 amide bonds. The molecule has 1 aliphatic carbocycles. The van der Waals surface area contributed by atoms with Crippen molar-refractivity contribution in [1.29, 1.82) is 0 Å². The van der Waals surface area contributed by atoms with Crippen molar-refractivity contribution in [2.24, 2.45) is 0 Å². The molecule has 1 aliphatic rings. The van der Waals surface area contributed by atoms with E-state index in [-0.39, 0.29) is 6.04 Å². The van der Waals surface area contributed by atoms with Crippen molar-refractivity contribution < 1.29 is 4.79 Å². The van der Waals surface area contributed by atoms with Crippen molar-refractivity contribution in [1.82, 2.24) is 4.90 Å². The van der Waals surface area contributed by atoms with Gasteiger partial charge in [-0.05, 0) is 30.4 Å². The highest BCUT2D eigenvalue weighted by Crippen LogP contribution is 2.32. The predicted molar refractivity (Wildman–Crippen MR) is 55.9 cm³/mol. The topological polar surface area (TPSA) is 20.3 Å². The van der Waals surface area contributed by atoms with Crippen LogP contribution in [0.2, 0.25) is 0 Å². The van der Waals surface area contributed by atoms with Gasteiger partial charge >= 0.3 is 0 Å². The molecular weight excluding hydrogens is 174 g/mol. The van der Waals surface area contributed by atoms with Gasteiger partial charge in [0, 0.05) is 7.05 Å². The van der Waals surface area contributed by atoms with Crippen LogP contribution in [0.4, 0.5) is 0 Å². The van der Waals surface area contributed by atoms with E-state index in [1.54, 1.807) is 4.90 Å². The molecule has 74 valence electrons. The van der Waals surface area contributed by atoms with Gasteiger partial charge in [0.25, 0.3) is 0 Å². The lowest BCUT2D eigenvalue weighted by molar-refractivity contribution is -0.119. The largest absolute Gasteiger partial charge is 0.341 e. The van der Waals surface area contributed by atoms with Crippen molar-refractivity contribution in [3.05, 3.63) is 35.4 Å². The van der Waals surface area contributed by atoms with Crippen molar-refractivity contribution in [3.63, 3.8) is 0 Å². The summed E-state index contributed by atoms with van der Waals surface area (Å²) in [5, 5.41) is 0. The third kappa shape index (κ3) is 1.52. The molecule has 1 aromatic rings. The van der Waals surface area contributed by atoms with Gasteiger partial charge in [0.1, 0.15) is 0 Å². The Bertz CT molecular complexity index is 335. The molecule has 0 saturated heterocycles. The van der Waals surface area contributed by atoms with E-state index in [0.29, 0.717) is 0 Å². The first kappa shape index (κ1) is 9.25. The molecule has 14 heavy (non-hydrogen) atoms. The molecule has 1 atom stereocenters. The highest BCUT2D eigenvalue weighted by molar-refractivity contribution is 5.49. The molecule has 0 saturated carbocycles. The number of nitrogens with zero attached hydrogens (tertiary/aromatic N) is 1. The van der Waals surface area contributed by atoms with Crippen molar-refractivity contribution >= 4 is 6.41 Å². The molecule has 0 heterocycles. The molecule has 2 rings (SSSR count). The van der Waals surface area contributed by atoms with Crippen LogP contribution in [0.5, 0.6) is 0 Å². The quantitative estimate of drug-likeness (QED) is 0.653. The fraction of sp³-hybridized carbons (Fsp3) is 0.417. The summed E-state index contributed by atoms with van der Waals surface area (Å²) < 4.78 is 0. The molecule has 0 aliphatic heterocycles. The molecule has 2 nitrogen and oxygen atoms in total. The summed E-state index contributed by atoms with van der Waals surface area (Å²) in [6.07, 6.45) is 4.35. The Kier molecular flexibility index (Phi) is 2.53. The second-order valence-electron chi connectivity index (χ2n) is 3.88. The summed E-state index contributed by atoms with van der Waals surface area (Å²) in [7, 11) is 1.86. The van der Waals surface area contributed by atoms with Crippen molar-refractivity contribution in [2.45, 2.75) is 25.3 Å². The van der Waals surface area contributed by atoms with E-state index in [9.17, 15) is 4.79 Å². The van der Waals surface area contributed by atoms with Crippen LogP contribution in [0.25, 0.3) is 0 Å². The smallest absolute Gasteiger partial charge is 0.209 e. The van der Waals surface area contributed by atoms with Gasteiger partial charge in [0.2, 0.25) is 6.41 Å². The molecule has 1 aromatic carbocycles. The van der Waals surface area contributed by atoms with Crippen LogP contribution >= 0.6 is 0 Å². The number of carbonyl (C=O) groups is 1. The number of fused-ring (bicyclic) bond motifs is 1. The van der Waals surface area contributed by atoms with E-state index in [2.05, 4.69) is 24.3 Å². The van der Waals surface area contributed by atoms with E-state index in [1.807, 2.05) is 7.05 Å². The number of aryl methyl sites for hydroxylation is 1. The molecule has 0 fully saturated rings. The summed E-state index contributed by atoms with van der Waals surface area (Å²) in [4.78, 5) is 12.5. The monoisotopic (exact) mass is 189 g/mol. The Labute approximate surface area is 84.5 Å². The Hall–Kier alpha value is -1.31. The van der Waals surface area contributed by atoms with Gasteiger partial charge in [-0.1, -0.05) is 24.3 Å². The zero-order valence-electron chi connectivity index (χ0n) is 8.44. The van der Waals surface area contributed by atoms with Gasteiger partial charge in [0.15, 0.2) is 0 Å². The standard InChI is InChI=1S/C12H15NO/c1-13(9-14)12-8-4-6-10-5-2-3-7-11(10)12/h2-3,5,7,9,12H,4,6,8H2,1H3. The third-order valence-electron chi connectivity index (χ3n) is 3.00. The second-order valence-corrected chi connectivity index (χ2v) is 3.88. The van der Waals surface area contributed by atoms with Crippen LogP contribution in [0.3, 0.4) is 0 Å². The first-order chi connectivity index (χ1) is 6.83. The maximum absolute atomic E-state index is 10.7. The average Bonchev–Trinajstić information content (AvgIpc) is 2.27. The number of carbonyl (C=O) groups excluding carboxylic acids is 1. The van der Waals surface area contributed by atoms with Crippen LogP contribution < -0.4 is 0 Å². The summed E-state index contributed by atoms with van der Waals surface area (Å²) in [6.45, 7) is 0. The minimum atomic E-state index is 0.289. The van der Waals surface area contributed by atoms with Crippen molar-refractivity contribution in [2.75, 3.05) is 7.05 Å². The van der Waals surface area contributed by atoms with Gasteiger partial charge < -0.3 is 4.90 Å². The van der Waals surface area contributed by atoms with Crippen LogP contribution in [0.1, 0.15) is 30.0 Å². The van der Waals surface area contributed by atoms with E-state index < -0.39 is 0 Å². The molecule has 0 N–H and O–H groups in total. The van der Waals surface area contributed by atoms with E-state index in [0.717, 1.165) is 19.3 Å². The van der Waals surface area contributed by atoms with E-state index >= 15 is 0 Å². The zero-order valence-corrected chi connectivity index (χ0v) is 8.44. The number of amides is 1. The predicted octanol–water partition coefficient (Wildman–Crippen LogP) is 2.15. The SMILES string of the molecule is CN(C=O)C1CCCc2ccccc21. The van der Waals surface area contributed by atoms with Gasteiger partial charge in [-0.25, -0.2) is 0 Å². The minimum Gasteiger partial charge on any atom is -0.341 e. The van der Waals surface area contributed by atoms with E-state index in [4.69, 9.17) is 0 Å². The van der Waals surface area contributed by atoms with Crippen LogP contribution in [0, 0.1) is 0 Å². The van der Waals surface area contributed by atoms with Crippen LogP contribution in [-0.2, 0) is 11.2 Å². The molecule has 0 bridgehead atoms. The number of hydrogen-bond donors (Lipinski definition) is 0. The first-order valence-corrected chi connectivity index (χ1v) is 5.08. The Balaban J connectivity index is 2.35. The van der Waals surface area contributed by atoms with Gasteiger partial charge in [-0.15, -0.1) is 0 Å². The maximum Gasteiger partial charge on any atom is 0.209 e. The highest BCUT2D eigenvalue weighted by Gasteiger charge is 2.22. The number of hydrogen-bond acceptors (Lipinski definition) is 1. The lowest BCUT2D eigenvalue weighted by Gasteiger charge is -2.30. The normalized spacial score (nSPS) is 19.9. The molecular formula is C12H15NO. The average molecular weight is 189 g/mol. The minimum absolute atomic E-state index is 0.289. The summed E-state index contributed by atoms with van der Waals surface area (Å²) in [6, 6.07) is 8.72. The van der Waals surface area contributed by atoms with Gasteiger partial charge in [-0.3, -0.25) is 4.79 Å². The van der Waals surface area contributed by atoms with Crippen LogP contribution in [0.15, 0.2) is 24.3 Å². The molecule has 0 aromatic heterocycles. The highest BCUT2D eigenvalue weighted by atomic mass is 16.1.